The van der Waals surface area contributed by atoms with Crippen LogP contribution >= 0.6 is 22.7 Å². The number of amides is 1. The summed E-state index contributed by atoms with van der Waals surface area (Å²) in [5, 5.41) is 6.64. The molecule has 2 aromatic heterocycles. The average molecular weight is 442 g/mol. The molecule has 2 aromatic carbocycles. The molecule has 1 aliphatic heterocycles. The van der Waals surface area contributed by atoms with E-state index in [1.54, 1.807) is 28.7 Å². The fraction of sp³-hybridized carbons (Fsp3) is 0.273. The fourth-order valence-electron chi connectivity index (χ4n) is 3.88. The van der Waals surface area contributed by atoms with Crippen LogP contribution in [0, 0.1) is 12.7 Å². The number of ether oxygens (including phenoxy) is 1. The van der Waals surface area contributed by atoms with Gasteiger partial charge in [0.15, 0.2) is 6.61 Å². The number of nitrogens with zero attached hydrogens (tertiary/aromatic N) is 2. The van der Waals surface area contributed by atoms with Gasteiger partial charge < -0.3 is 15.0 Å². The van der Waals surface area contributed by atoms with Crippen LogP contribution < -0.4 is 15.0 Å². The van der Waals surface area contributed by atoms with Gasteiger partial charge in [0.05, 0.1) is 25.6 Å². The van der Waals surface area contributed by atoms with E-state index in [2.05, 4.69) is 15.2 Å². The van der Waals surface area contributed by atoms with Crippen LogP contribution in [0.4, 0.5) is 15.8 Å². The number of thiazole rings is 1. The number of para-hydroxylation sites is 1. The lowest BCUT2D eigenvalue weighted by Gasteiger charge is -2.22. The van der Waals surface area contributed by atoms with Gasteiger partial charge in [0, 0.05) is 24.5 Å². The molecular weight excluding hydrogens is 421 g/mol. The number of halogens is 1. The van der Waals surface area contributed by atoms with E-state index in [1.807, 2.05) is 30.5 Å². The van der Waals surface area contributed by atoms with E-state index in [0.29, 0.717) is 5.75 Å². The molecule has 5 rings (SSSR count). The molecule has 4 aromatic rings. The van der Waals surface area contributed by atoms with Crippen molar-refractivity contribution in [2.75, 3.05) is 29.9 Å². The zero-order chi connectivity index (χ0) is 20.7. The molecule has 8 heteroatoms. The number of rotatable bonds is 5. The molecule has 0 unspecified atom stereocenters. The molecule has 5 nitrogen and oxygen atoms in total. The topological polar surface area (TPSA) is 54.5 Å². The summed E-state index contributed by atoms with van der Waals surface area (Å²) < 4.78 is 22.4. The lowest BCUT2D eigenvalue weighted by molar-refractivity contribution is -0.118. The minimum absolute atomic E-state index is 0.192. The molecule has 154 valence electrons. The maximum Gasteiger partial charge on any atom is 0.262 e. The van der Waals surface area contributed by atoms with Crippen LogP contribution in [0.5, 0.6) is 5.75 Å². The summed E-state index contributed by atoms with van der Waals surface area (Å²) in [4.78, 5) is 19.3. The van der Waals surface area contributed by atoms with E-state index in [9.17, 15) is 9.18 Å². The molecule has 3 heterocycles. The number of nitrogens with one attached hydrogen (secondary N) is 1. The second kappa shape index (κ2) is 7.85. The highest BCUT2D eigenvalue weighted by molar-refractivity contribution is 7.21. The van der Waals surface area contributed by atoms with E-state index in [1.165, 1.54) is 6.07 Å². The van der Waals surface area contributed by atoms with Crippen LogP contribution in [0.25, 0.3) is 20.3 Å². The van der Waals surface area contributed by atoms with Crippen LogP contribution in [-0.4, -0.2) is 30.6 Å². The maximum absolute atomic E-state index is 14.5. The molecule has 1 amide bonds. The van der Waals surface area contributed by atoms with E-state index in [-0.39, 0.29) is 18.2 Å². The van der Waals surface area contributed by atoms with Gasteiger partial charge in [-0.15, -0.1) is 22.7 Å². The lowest BCUT2D eigenvalue weighted by Crippen LogP contribution is -2.24. The van der Waals surface area contributed by atoms with Crippen LogP contribution in [0.3, 0.4) is 0 Å². The molecule has 0 atom stereocenters. The van der Waals surface area contributed by atoms with Crippen LogP contribution in [0.2, 0.25) is 0 Å². The zero-order valence-corrected chi connectivity index (χ0v) is 18.0. The fourth-order valence-corrected chi connectivity index (χ4v) is 5.72. The van der Waals surface area contributed by atoms with Crippen LogP contribution in [-0.2, 0) is 4.79 Å². The van der Waals surface area contributed by atoms with Gasteiger partial charge >= 0.3 is 0 Å². The molecule has 0 aliphatic carbocycles. The van der Waals surface area contributed by atoms with Crippen molar-refractivity contribution in [2.24, 2.45) is 0 Å². The second-order valence-electron chi connectivity index (χ2n) is 7.28. The summed E-state index contributed by atoms with van der Waals surface area (Å²) in [7, 11) is 0. The van der Waals surface area contributed by atoms with Gasteiger partial charge in [-0.1, -0.05) is 6.07 Å². The Balaban J connectivity index is 1.36. The molecule has 1 N–H and O–H groups in total. The van der Waals surface area contributed by atoms with Crippen molar-refractivity contribution in [1.29, 1.82) is 0 Å². The van der Waals surface area contributed by atoms with Crippen molar-refractivity contribution in [2.45, 2.75) is 19.8 Å². The zero-order valence-electron chi connectivity index (χ0n) is 16.4. The number of aryl methyl sites for hydroxylation is 1. The normalized spacial score (nSPS) is 14.0. The number of aromatic nitrogens is 1. The van der Waals surface area contributed by atoms with Gasteiger partial charge in [0.25, 0.3) is 5.91 Å². The first kappa shape index (κ1) is 19.3. The first-order chi connectivity index (χ1) is 14.6. The third-order valence-electron chi connectivity index (χ3n) is 5.23. The number of anilines is 2. The second-order valence-corrected chi connectivity index (χ2v) is 9.43. The van der Waals surface area contributed by atoms with Crippen molar-refractivity contribution in [3.8, 4) is 5.75 Å². The van der Waals surface area contributed by atoms with Crippen molar-refractivity contribution in [1.82, 2.24) is 4.98 Å². The first-order valence-corrected chi connectivity index (χ1v) is 11.5. The number of fused-ring (bicyclic) bond motifs is 3. The Kier molecular flexibility index (Phi) is 5.04. The predicted molar refractivity (Wildman–Crippen MR) is 122 cm³/mol. The molecular formula is C22H20FN3O2S2. The molecule has 30 heavy (non-hydrogen) atoms. The van der Waals surface area contributed by atoms with Gasteiger partial charge in [0.1, 0.15) is 17.3 Å². The summed E-state index contributed by atoms with van der Waals surface area (Å²) in [6.07, 6.45) is 2.15. The van der Waals surface area contributed by atoms with E-state index >= 15 is 0 Å². The van der Waals surface area contributed by atoms with Crippen LogP contribution in [0.1, 0.15) is 17.8 Å². The Morgan fingerprint density at radius 3 is 2.97 bits per heavy atom. The third-order valence-corrected chi connectivity index (χ3v) is 7.07. The maximum atomic E-state index is 14.5. The Morgan fingerprint density at radius 2 is 2.13 bits per heavy atom. The van der Waals surface area contributed by atoms with Gasteiger partial charge in [-0.2, -0.15) is 0 Å². The number of carbonyl (C=O) groups is 1. The van der Waals surface area contributed by atoms with Gasteiger partial charge in [-0.3, -0.25) is 4.79 Å². The number of carbonyl (C=O) groups excluding carboxylic acids is 1. The molecule has 0 bridgehead atoms. The minimum Gasteiger partial charge on any atom is -0.483 e. The average Bonchev–Trinajstić information content (AvgIpc) is 3.47. The molecule has 0 saturated carbocycles. The Hall–Kier alpha value is -2.71. The van der Waals surface area contributed by atoms with E-state index < -0.39 is 5.82 Å². The van der Waals surface area contributed by atoms with Crippen molar-refractivity contribution in [3.63, 3.8) is 0 Å². The summed E-state index contributed by atoms with van der Waals surface area (Å²) >= 11 is 3.21. The van der Waals surface area contributed by atoms with E-state index in [4.69, 9.17) is 4.74 Å². The number of hydrogen-bond donors (Lipinski definition) is 1. The summed E-state index contributed by atoms with van der Waals surface area (Å²) in [6.45, 7) is 3.52. The van der Waals surface area contributed by atoms with Gasteiger partial charge in [0.2, 0.25) is 0 Å². The van der Waals surface area contributed by atoms with Crippen molar-refractivity contribution < 1.29 is 13.9 Å². The highest BCUT2D eigenvalue weighted by Gasteiger charge is 2.20. The smallest absolute Gasteiger partial charge is 0.262 e. The first-order valence-electron chi connectivity index (χ1n) is 9.83. The Bertz CT molecular complexity index is 1240. The van der Waals surface area contributed by atoms with Crippen molar-refractivity contribution >= 4 is 60.3 Å². The Morgan fingerprint density at radius 1 is 1.30 bits per heavy atom. The highest BCUT2D eigenvalue weighted by Crippen LogP contribution is 2.39. The van der Waals surface area contributed by atoms with Crippen molar-refractivity contribution in [3.05, 3.63) is 46.5 Å². The lowest BCUT2D eigenvalue weighted by atomic mass is 10.2. The van der Waals surface area contributed by atoms with Gasteiger partial charge in [-0.05, 0) is 43.3 Å². The largest absolute Gasteiger partial charge is 0.483 e. The number of hydrogen-bond acceptors (Lipinski definition) is 6. The summed E-state index contributed by atoms with van der Waals surface area (Å²) in [5.41, 5.74) is 1.92. The molecule has 0 radical (unpaired) electrons. The highest BCUT2D eigenvalue weighted by atomic mass is 32.1. The number of benzene rings is 2. The summed E-state index contributed by atoms with van der Waals surface area (Å²) in [6, 6.07) is 8.80. The molecule has 1 aliphatic rings. The SMILES string of the molecule is Cc1nc2c(cc(OCC(=O)Nc3c(F)cccc3N3CCCC3)c3ccsc32)s1. The molecule has 1 fully saturated rings. The monoisotopic (exact) mass is 441 g/mol. The standard InChI is InChI=1S/C22H20FN3O2S2/c1-13-24-21-18(30-13)11-17(14-7-10-29-22(14)21)28-12-19(27)25-20-15(23)5-4-6-16(20)26-8-2-3-9-26/h4-7,10-11H,2-3,8-9,12H2,1H3,(H,25,27). The molecule has 0 spiro atoms. The number of thiophene rings is 1. The van der Waals surface area contributed by atoms with E-state index in [0.717, 1.165) is 56.9 Å². The third kappa shape index (κ3) is 3.50. The van der Waals surface area contributed by atoms with Gasteiger partial charge in [-0.25, -0.2) is 9.37 Å². The molecule has 1 saturated heterocycles. The minimum atomic E-state index is -0.436. The quantitative estimate of drug-likeness (QED) is 0.440. The predicted octanol–water partition coefficient (Wildman–Crippen LogP) is 5.58. The summed E-state index contributed by atoms with van der Waals surface area (Å²) in [5.74, 6) is -0.176. The Labute approximate surface area is 181 Å². The van der Waals surface area contributed by atoms with Crippen LogP contribution in [0.15, 0.2) is 35.7 Å².